The molecule has 4 rings (SSSR count). The number of fused-ring (bicyclic) bond motifs is 2. The highest BCUT2D eigenvalue weighted by Gasteiger charge is 2.34. The van der Waals surface area contributed by atoms with Gasteiger partial charge in [0.25, 0.3) is 5.56 Å². The van der Waals surface area contributed by atoms with E-state index in [9.17, 15) is 9.59 Å². The number of benzene rings is 1. The van der Waals surface area contributed by atoms with Gasteiger partial charge in [0.1, 0.15) is 5.82 Å². The molecule has 2 aromatic rings. The van der Waals surface area contributed by atoms with Gasteiger partial charge in [-0.15, -0.1) is 0 Å². The van der Waals surface area contributed by atoms with Crippen LogP contribution in [0.1, 0.15) is 28.8 Å². The maximum absolute atomic E-state index is 12.8. The zero-order valence-electron chi connectivity index (χ0n) is 12.3. The number of hydrogen-bond acceptors (Lipinski definition) is 3. The number of ketones is 1. The van der Waals surface area contributed by atoms with E-state index in [1.165, 1.54) is 18.9 Å². The third-order valence-corrected chi connectivity index (χ3v) is 4.99. The van der Waals surface area contributed by atoms with Crippen LogP contribution in [0.2, 0.25) is 0 Å². The van der Waals surface area contributed by atoms with Crippen molar-refractivity contribution in [3.63, 3.8) is 0 Å². The van der Waals surface area contributed by atoms with Crippen LogP contribution in [0.5, 0.6) is 0 Å². The molecule has 1 N–H and O–H groups in total. The Balaban J connectivity index is 1.80. The van der Waals surface area contributed by atoms with Crippen molar-refractivity contribution in [2.24, 2.45) is 11.8 Å². The molecule has 0 saturated heterocycles. The summed E-state index contributed by atoms with van der Waals surface area (Å²) >= 11 is 0. The molecule has 0 radical (unpaired) electrons. The summed E-state index contributed by atoms with van der Waals surface area (Å²) in [5.41, 5.74) is 1.21. The van der Waals surface area contributed by atoms with Crippen molar-refractivity contribution in [2.75, 3.05) is 11.9 Å². The summed E-state index contributed by atoms with van der Waals surface area (Å²) < 4.78 is 1.75. The van der Waals surface area contributed by atoms with Crippen LogP contribution in [0.25, 0.3) is 0 Å². The summed E-state index contributed by atoms with van der Waals surface area (Å²) in [7, 11) is 0. The smallest absolute Gasteiger partial charge is 0.252 e. The molecule has 112 valence electrons. The molecule has 4 nitrogen and oxygen atoms in total. The van der Waals surface area contributed by atoms with E-state index in [4.69, 9.17) is 0 Å². The highest BCUT2D eigenvalue weighted by molar-refractivity contribution is 6.11. The van der Waals surface area contributed by atoms with Crippen molar-refractivity contribution < 1.29 is 4.79 Å². The molecule has 1 aromatic heterocycles. The summed E-state index contributed by atoms with van der Waals surface area (Å²) in [6.07, 6.45) is 2.39. The number of carbonyl (C=O) groups excluding carboxylic acids is 1. The first kappa shape index (κ1) is 13.3. The molecule has 0 amide bonds. The quantitative estimate of drug-likeness (QED) is 0.866. The van der Waals surface area contributed by atoms with Gasteiger partial charge in [0.2, 0.25) is 0 Å². The van der Waals surface area contributed by atoms with E-state index in [0.717, 1.165) is 13.1 Å². The number of hydrogen-bond donors (Lipinski definition) is 1. The summed E-state index contributed by atoms with van der Waals surface area (Å²) in [6.45, 7) is 1.57. The molecule has 1 aliphatic carbocycles. The third-order valence-electron chi connectivity index (χ3n) is 4.99. The molecule has 0 bridgehead atoms. The van der Waals surface area contributed by atoms with E-state index in [1.807, 2.05) is 30.3 Å². The van der Waals surface area contributed by atoms with Crippen LogP contribution in [0.4, 0.5) is 5.82 Å². The average Bonchev–Trinajstić information content (AvgIpc) is 2.65. The molecule has 1 fully saturated rings. The molecule has 1 aliphatic heterocycles. The van der Waals surface area contributed by atoms with Crippen molar-refractivity contribution in [2.45, 2.75) is 19.4 Å². The molecule has 22 heavy (non-hydrogen) atoms. The van der Waals surface area contributed by atoms with Crippen LogP contribution in [0, 0.1) is 11.8 Å². The molecular weight excluding hydrogens is 276 g/mol. The van der Waals surface area contributed by atoms with Gasteiger partial charge in [-0.3, -0.25) is 14.2 Å². The summed E-state index contributed by atoms with van der Waals surface area (Å²) in [4.78, 5) is 25.0. The molecule has 4 heteroatoms. The highest BCUT2D eigenvalue weighted by Crippen LogP contribution is 2.38. The normalized spacial score (nSPS) is 22.5. The first-order valence-corrected chi connectivity index (χ1v) is 7.81. The van der Waals surface area contributed by atoms with E-state index >= 15 is 0 Å². The van der Waals surface area contributed by atoms with E-state index in [1.54, 1.807) is 10.6 Å². The fourth-order valence-corrected chi connectivity index (χ4v) is 3.49. The van der Waals surface area contributed by atoms with Gasteiger partial charge in [0.15, 0.2) is 5.78 Å². The largest absolute Gasteiger partial charge is 0.370 e. The number of pyridine rings is 1. The standard InChI is InChI=1S/C18H18N2O2/c21-16-9-8-15(17(22)12-4-2-1-3-5-12)18-19-10-13-6-7-14(13)11-20(16)18/h1-5,8-9,13-14,19H,6-7,10-11H2. The molecular formula is C18H18N2O2. The summed E-state index contributed by atoms with van der Waals surface area (Å²) in [6, 6.07) is 12.4. The maximum Gasteiger partial charge on any atom is 0.252 e. The molecule has 1 saturated carbocycles. The number of anilines is 1. The number of nitrogens with one attached hydrogen (secondary N) is 1. The monoisotopic (exact) mass is 294 g/mol. The van der Waals surface area contributed by atoms with Gasteiger partial charge >= 0.3 is 0 Å². The molecule has 2 unspecified atom stereocenters. The molecule has 1 aromatic carbocycles. The lowest BCUT2D eigenvalue weighted by Gasteiger charge is -2.34. The van der Waals surface area contributed by atoms with E-state index < -0.39 is 0 Å². The Morgan fingerprint density at radius 3 is 2.55 bits per heavy atom. The molecule has 2 heterocycles. The van der Waals surface area contributed by atoms with Gasteiger partial charge in [-0.2, -0.15) is 0 Å². The fourth-order valence-electron chi connectivity index (χ4n) is 3.49. The van der Waals surface area contributed by atoms with E-state index in [0.29, 0.717) is 28.8 Å². The second-order valence-electron chi connectivity index (χ2n) is 6.22. The number of rotatable bonds is 2. The Bertz CT molecular complexity index is 779. The topological polar surface area (TPSA) is 51.1 Å². The van der Waals surface area contributed by atoms with Crippen LogP contribution in [-0.4, -0.2) is 16.9 Å². The lowest BCUT2D eigenvalue weighted by molar-refractivity contribution is 0.103. The predicted octanol–water partition coefficient (Wildman–Crippen LogP) is 2.53. The first-order chi connectivity index (χ1) is 10.7. The number of nitrogens with zero attached hydrogens (tertiary/aromatic N) is 1. The molecule has 0 spiro atoms. The second-order valence-corrected chi connectivity index (χ2v) is 6.22. The lowest BCUT2D eigenvalue weighted by atomic mass is 9.74. The molecule has 2 aliphatic rings. The van der Waals surface area contributed by atoms with Crippen molar-refractivity contribution in [1.82, 2.24) is 4.57 Å². The number of carbonyl (C=O) groups is 1. The van der Waals surface area contributed by atoms with Crippen molar-refractivity contribution in [3.8, 4) is 0 Å². The van der Waals surface area contributed by atoms with Crippen LogP contribution in [0.15, 0.2) is 47.3 Å². The Labute approximate surface area is 128 Å². The average molecular weight is 294 g/mol. The van der Waals surface area contributed by atoms with Crippen LogP contribution >= 0.6 is 0 Å². The van der Waals surface area contributed by atoms with Gasteiger partial charge in [-0.1, -0.05) is 30.3 Å². The lowest BCUT2D eigenvalue weighted by Crippen LogP contribution is -2.33. The molecule has 2 atom stereocenters. The van der Waals surface area contributed by atoms with Crippen molar-refractivity contribution >= 4 is 11.6 Å². The highest BCUT2D eigenvalue weighted by atomic mass is 16.1. The van der Waals surface area contributed by atoms with Gasteiger partial charge in [0, 0.05) is 24.7 Å². The van der Waals surface area contributed by atoms with Gasteiger partial charge in [0.05, 0.1) is 5.56 Å². The second kappa shape index (κ2) is 5.13. The van der Waals surface area contributed by atoms with Crippen molar-refractivity contribution in [1.29, 1.82) is 0 Å². The summed E-state index contributed by atoms with van der Waals surface area (Å²) in [5, 5.41) is 3.36. The van der Waals surface area contributed by atoms with E-state index in [-0.39, 0.29) is 11.3 Å². The minimum Gasteiger partial charge on any atom is -0.370 e. The van der Waals surface area contributed by atoms with Gasteiger partial charge in [-0.05, 0) is 30.7 Å². The minimum absolute atomic E-state index is 0.0281. The Hall–Kier alpha value is -2.36. The van der Waals surface area contributed by atoms with Crippen molar-refractivity contribution in [3.05, 3.63) is 63.9 Å². The minimum atomic E-state index is -0.0360. The van der Waals surface area contributed by atoms with Crippen LogP contribution in [0.3, 0.4) is 0 Å². The van der Waals surface area contributed by atoms with Crippen LogP contribution < -0.4 is 10.9 Å². The SMILES string of the molecule is O=C(c1ccccc1)c1ccc(=O)n2c1NCC1CCC1C2. The number of aromatic nitrogens is 1. The van der Waals surface area contributed by atoms with Gasteiger partial charge < -0.3 is 5.32 Å². The Morgan fingerprint density at radius 1 is 1.05 bits per heavy atom. The first-order valence-electron chi connectivity index (χ1n) is 7.81. The third kappa shape index (κ3) is 2.06. The van der Waals surface area contributed by atoms with E-state index in [2.05, 4.69) is 5.32 Å². The zero-order chi connectivity index (χ0) is 15.1. The maximum atomic E-state index is 12.8. The Morgan fingerprint density at radius 2 is 1.82 bits per heavy atom. The van der Waals surface area contributed by atoms with Crippen LogP contribution in [-0.2, 0) is 6.54 Å². The fraction of sp³-hybridized carbons (Fsp3) is 0.333. The van der Waals surface area contributed by atoms with Gasteiger partial charge in [-0.25, -0.2) is 0 Å². The predicted molar refractivity (Wildman–Crippen MR) is 85.3 cm³/mol. The zero-order valence-corrected chi connectivity index (χ0v) is 12.3. The summed E-state index contributed by atoms with van der Waals surface area (Å²) in [5.74, 6) is 1.84. The Kier molecular flexibility index (Phi) is 3.10.